The number of benzene rings is 8. The first-order valence-electron chi connectivity index (χ1n) is 27.7. The first kappa shape index (κ1) is 38.3. The molecule has 2 spiro atoms. The summed E-state index contributed by atoms with van der Waals surface area (Å²) >= 11 is 1.95. The van der Waals surface area contributed by atoms with E-state index in [0.717, 1.165) is 35.5 Å². The van der Waals surface area contributed by atoms with Gasteiger partial charge in [-0.15, -0.1) is 11.3 Å². The third-order valence-electron chi connectivity index (χ3n) is 23.4. The minimum Gasteiger partial charge on any atom is -0.376 e. The molecule has 10 aliphatic rings. The van der Waals surface area contributed by atoms with E-state index in [9.17, 15) is 0 Å². The highest BCUT2D eigenvalue weighted by Gasteiger charge is 2.78. The molecule has 8 fully saturated rings. The Morgan fingerprint density at radius 3 is 1.78 bits per heavy atom. The van der Waals surface area contributed by atoms with Crippen LogP contribution < -0.4 is 15.7 Å². The monoisotopic (exact) mass is 940 g/mol. The Kier molecular flexibility index (Phi) is 6.56. The first-order valence-corrected chi connectivity index (χ1v) is 28.6. The average Bonchev–Trinajstić information content (AvgIpc) is 4.25. The normalized spacial score (nSPS) is 32.6. The Morgan fingerprint density at radius 2 is 1.10 bits per heavy atom. The average molecular weight is 941 g/mol. The highest BCUT2D eigenvalue weighted by atomic mass is 32.1. The summed E-state index contributed by atoms with van der Waals surface area (Å²) in [5.41, 5.74) is 22.9. The number of thiophene rings is 1. The molecule has 4 unspecified atom stereocenters. The Hall–Kier alpha value is -6.36. The van der Waals surface area contributed by atoms with E-state index < -0.39 is 0 Å². The number of anilines is 2. The minimum atomic E-state index is -0.0138. The Balaban J connectivity index is 0.914. The lowest BCUT2D eigenvalue weighted by Gasteiger charge is -2.66. The quantitative estimate of drug-likeness (QED) is 0.156. The van der Waals surface area contributed by atoms with Crippen molar-refractivity contribution in [1.29, 1.82) is 0 Å². The van der Waals surface area contributed by atoms with E-state index in [1.807, 2.05) is 11.3 Å². The highest BCUT2D eigenvalue weighted by Crippen LogP contribution is 2.85. The fourth-order valence-electron chi connectivity index (χ4n) is 20.8. The zero-order valence-corrected chi connectivity index (χ0v) is 41.3. The fourth-order valence-corrected chi connectivity index (χ4v) is 21.9. The smallest absolute Gasteiger partial charge is 0.333 e. The van der Waals surface area contributed by atoms with Crippen LogP contribution in [0.5, 0.6) is 0 Å². The molecule has 344 valence electrons. The standard InChI is InChI=1S/C68H53BN2S/c1-3-9-38(10-4-1)40-15-18-50(19-16-40)71-57-21-22-60-62(51-13-7-8-14-59(51)72-60)61(57)54-23-41(39-11-5-2-6-12-39)24-58-63(54)69(71)55-31-43(66-34-48-27-45-28-49(35-66)68(45,48)37-66)30-53-52-29-42(17-20-56(52)70(58)64(53)55)65-32-46-25-44-26-47(33-65)67(44,46)36-65/h1-24,29-31,44-49H,25-28,32-37H2. The van der Waals surface area contributed by atoms with Gasteiger partial charge in [-0.05, 0) is 232 Å². The summed E-state index contributed by atoms with van der Waals surface area (Å²) in [6, 6.07) is 64.9. The van der Waals surface area contributed by atoms with Crippen molar-refractivity contribution in [3.8, 4) is 39.1 Å². The Morgan fingerprint density at radius 1 is 0.472 bits per heavy atom. The van der Waals surface area contributed by atoms with E-state index in [4.69, 9.17) is 0 Å². The van der Waals surface area contributed by atoms with Gasteiger partial charge < -0.3 is 9.38 Å². The summed E-state index contributed by atoms with van der Waals surface area (Å²) in [5.74, 6) is 5.81. The molecular formula is C68H53BN2S. The molecule has 20 rings (SSSR count). The van der Waals surface area contributed by atoms with Crippen LogP contribution >= 0.6 is 11.3 Å². The molecule has 2 nitrogen and oxygen atoms in total. The molecule has 10 aromatic rings. The van der Waals surface area contributed by atoms with Gasteiger partial charge in [-0.3, -0.25) is 0 Å². The van der Waals surface area contributed by atoms with E-state index in [2.05, 4.69) is 173 Å². The van der Waals surface area contributed by atoms with Gasteiger partial charge in [0, 0.05) is 53.6 Å². The van der Waals surface area contributed by atoms with Gasteiger partial charge in [-0.2, -0.15) is 0 Å². The summed E-state index contributed by atoms with van der Waals surface area (Å²) in [6.07, 6.45) is 14.5. The summed E-state index contributed by atoms with van der Waals surface area (Å²) in [4.78, 5) is 2.82. The van der Waals surface area contributed by atoms with Gasteiger partial charge in [0.1, 0.15) is 0 Å². The van der Waals surface area contributed by atoms with Crippen LogP contribution in [-0.2, 0) is 10.8 Å². The molecule has 2 aliphatic heterocycles. The maximum atomic E-state index is 2.83. The molecule has 0 saturated heterocycles. The summed E-state index contributed by atoms with van der Waals surface area (Å²) < 4.78 is 5.52. The van der Waals surface area contributed by atoms with Gasteiger partial charge in [-0.1, -0.05) is 103 Å². The van der Waals surface area contributed by atoms with Gasteiger partial charge in [0.05, 0.1) is 11.0 Å². The number of fused-ring (bicyclic) bond motifs is 13. The molecule has 8 aromatic carbocycles. The Labute approximate surface area is 424 Å². The number of hydrogen-bond acceptors (Lipinski definition) is 2. The third-order valence-corrected chi connectivity index (χ3v) is 24.6. The van der Waals surface area contributed by atoms with Crippen molar-refractivity contribution in [2.24, 2.45) is 46.3 Å². The lowest BCUT2D eigenvalue weighted by Crippen LogP contribution is -2.61. The molecule has 72 heavy (non-hydrogen) atoms. The van der Waals surface area contributed by atoms with Crippen molar-refractivity contribution in [3.05, 3.63) is 175 Å². The zero-order valence-electron chi connectivity index (χ0n) is 40.5. The second-order valence-corrected chi connectivity index (χ2v) is 26.6. The molecule has 0 amide bonds. The topological polar surface area (TPSA) is 8.17 Å². The molecule has 8 aliphatic carbocycles. The number of rotatable bonds is 5. The fraction of sp³-hybridized carbons (Fsp3) is 0.294. The van der Waals surface area contributed by atoms with Gasteiger partial charge in [-0.25, -0.2) is 0 Å². The van der Waals surface area contributed by atoms with Crippen molar-refractivity contribution in [2.45, 2.75) is 75.0 Å². The number of aromatic nitrogens is 1. The molecule has 2 aromatic heterocycles. The predicted molar refractivity (Wildman–Crippen MR) is 299 cm³/mol. The van der Waals surface area contributed by atoms with Gasteiger partial charge in [0.15, 0.2) is 0 Å². The lowest BCUT2D eigenvalue weighted by molar-refractivity contribution is -0.175. The van der Waals surface area contributed by atoms with Crippen molar-refractivity contribution in [1.82, 2.24) is 4.57 Å². The van der Waals surface area contributed by atoms with E-state index in [1.165, 1.54) is 168 Å². The van der Waals surface area contributed by atoms with Crippen molar-refractivity contribution >= 4 is 82.5 Å². The highest BCUT2D eigenvalue weighted by molar-refractivity contribution is 7.26. The second kappa shape index (κ2) is 12.3. The van der Waals surface area contributed by atoms with Crippen LogP contribution in [0.3, 0.4) is 0 Å². The molecule has 8 saturated carbocycles. The van der Waals surface area contributed by atoms with Gasteiger partial charge in [0.25, 0.3) is 0 Å². The van der Waals surface area contributed by atoms with E-state index in [0.29, 0.717) is 16.2 Å². The molecule has 0 radical (unpaired) electrons. The molecule has 4 bridgehead atoms. The SMILES string of the molecule is c1ccc(-c2ccc(N3B4c5c(cc(-c6ccccc6)cc5-n5c6ccc(C78CC9CC%10CC(C7)C%109C8)cc6c6cc(C78CC9CC%10CC(C7)C%109C8)cc4c65)-c4c3ccc3sc5ccccc5c43)cc2)cc1. The third kappa shape index (κ3) is 4.17. The van der Waals surface area contributed by atoms with Crippen LogP contribution in [0.2, 0.25) is 0 Å². The molecule has 0 N–H and O–H groups in total. The van der Waals surface area contributed by atoms with Gasteiger partial charge >= 0.3 is 6.85 Å². The van der Waals surface area contributed by atoms with E-state index in [-0.39, 0.29) is 12.3 Å². The molecule has 4 heterocycles. The van der Waals surface area contributed by atoms with Crippen LogP contribution in [0.1, 0.15) is 75.3 Å². The van der Waals surface area contributed by atoms with Crippen LogP contribution in [0.25, 0.3) is 81.0 Å². The molecular weight excluding hydrogens is 888 g/mol. The second-order valence-electron chi connectivity index (χ2n) is 25.5. The van der Waals surface area contributed by atoms with Crippen LogP contribution in [0, 0.1) is 46.3 Å². The van der Waals surface area contributed by atoms with Gasteiger partial charge in [0.2, 0.25) is 0 Å². The minimum absolute atomic E-state index is 0.0138. The maximum absolute atomic E-state index is 2.83. The number of nitrogens with zero attached hydrogens (tertiary/aromatic N) is 2. The first-order chi connectivity index (χ1) is 35.5. The summed E-state index contributed by atoms with van der Waals surface area (Å²) in [7, 11) is 0. The molecule has 4 heteroatoms. The van der Waals surface area contributed by atoms with Crippen molar-refractivity contribution in [2.75, 3.05) is 4.81 Å². The Bertz CT molecular complexity index is 4110. The summed E-state index contributed by atoms with van der Waals surface area (Å²) in [5, 5.41) is 5.77. The number of hydrogen-bond donors (Lipinski definition) is 0. The van der Waals surface area contributed by atoms with Crippen LogP contribution in [0.4, 0.5) is 11.4 Å². The van der Waals surface area contributed by atoms with E-state index >= 15 is 0 Å². The van der Waals surface area contributed by atoms with Crippen LogP contribution in [-0.4, -0.2) is 11.4 Å². The maximum Gasteiger partial charge on any atom is 0.333 e. The molecule has 4 atom stereocenters. The predicted octanol–water partition coefficient (Wildman–Crippen LogP) is 15.9. The van der Waals surface area contributed by atoms with Crippen LogP contribution in [0.15, 0.2) is 164 Å². The zero-order chi connectivity index (χ0) is 46.2. The largest absolute Gasteiger partial charge is 0.376 e. The van der Waals surface area contributed by atoms with E-state index in [1.54, 1.807) is 11.1 Å². The van der Waals surface area contributed by atoms with Crippen molar-refractivity contribution < 1.29 is 0 Å². The van der Waals surface area contributed by atoms with Crippen molar-refractivity contribution in [3.63, 3.8) is 0 Å². The lowest BCUT2D eigenvalue weighted by atomic mass is 9.38. The summed E-state index contributed by atoms with van der Waals surface area (Å²) in [6.45, 7) is -0.0138.